The Morgan fingerprint density at radius 1 is 0.933 bits per heavy atom. The summed E-state index contributed by atoms with van der Waals surface area (Å²) in [6.45, 7) is 4.60. The summed E-state index contributed by atoms with van der Waals surface area (Å²) in [5.41, 5.74) is 6.57. The van der Waals surface area contributed by atoms with Gasteiger partial charge in [0.15, 0.2) is 6.04 Å². The molecule has 0 unspecified atom stereocenters. The number of H-pyrrole nitrogens is 1. The number of nitrogens with one attached hydrogen (secondary N) is 2. The molecule has 0 amide bonds. The van der Waals surface area contributed by atoms with Crippen LogP contribution in [0.2, 0.25) is 0 Å². The molecular formula is C27H30N3+. The molecule has 152 valence electrons. The number of fused-ring (bicyclic) bond motifs is 1. The monoisotopic (exact) mass is 396 g/mol. The summed E-state index contributed by atoms with van der Waals surface area (Å²) in [5, 5.41) is 1.34. The van der Waals surface area contributed by atoms with Crippen LogP contribution in [-0.2, 0) is 6.42 Å². The average molecular weight is 397 g/mol. The Morgan fingerprint density at radius 2 is 1.67 bits per heavy atom. The Hall–Kier alpha value is -2.91. The molecule has 1 atom stereocenters. The number of aromatic amines is 1. The van der Waals surface area contributed by atoms with Crippen LogP contribution in [0.5, 0.6) is 0 Å². The Bertz CT molecular complexity index is 1090. The van der Waals surface area contributed by atoms with Gasteiger partial charge in [-0.3, -0.25) is 4.98 Å². The van der Waals surface area contributed by atoms with Gasteiger partial charge in [0.1, 0.15) is 5.69 Å². The van der Waals surface area contributed by atoms with E-state index in [2.05, 4.69) is 78.6 Å². The lowest BCUT2D eigenvalue weighted by atomic mass is 9.88. The smallest absolute Gasteiger partial charge is 0.158 e. The standard InChI is InChI=1S/C27H29N3/c1-20-26(23-11-5-6-12-24(23)29-20)27(25-13-7-8-16-28-25)30-17-14-22(15-18-30)19-21-9-3-2-4-10-21/h2-13,16,22,27,29H,14-15,17-19H2,1H3/p+1/t27-/m1/s1. The highest BCUT2D eigenvalue weighted by molar-refractivity contribution is 5.85. The maximum atomic E-state index is 4.81. The first kappa shape index (κ1) is 19.1. The molecule has 3 heteroatoms. The van der Waals surface area contributed by atoms with Crippen LogP contribution in [0.4, 0.5) is 0 Å². The zero-order valence-corrected chi connectivity index (χ0v) is 17.6. The van der Waals surface area contributed by atoms with E-state index in [0.717, 1.165) is 5.92 Å². The van der Waals surface area contributed by atoms with Gasteiger partial charge in [-0.1, -0.05) is 54.6 Å². The van der Waals surface area contributed by atoms with Crippen molar-refractivity contribution in [3.63, 3.8) is 0 Å². The van der Waals surface area contributed by atoms with E-state index in [1.165, 1.54) is 65.8 Å². The van der Waals surface area contributed by atoms with E-state index in [0.29, 0.717) is 0 Å². The van der Waals surface area contributed by atoms with Gasteiger partial charge < -0.3 is 9.88 Å². The molecule has 1 saturated heterocycles. The molecule has 0 saturated carbocycles. The van der Waals surface area contributed by atoms with Crippen molar-refractivity contribution >= 4 is 10.9 Å². The van der Waals surface area contributed by atoms with Gasteiger partial charge in [-0.05, 0) is 55.9 Å². The first-order chi connectivity index (χ1) is 14.8. The summed E-state index contributed by atoms with van der Waals surface area (Å²) < 4.78 is 0. The summed E-state index contributed by atoms with van der Waals surface area (Å²) in [5.74, 6) is 0.782. The van der Waals surface area contributed by atoms with Gasteiger partial charge in [0, 0.05) is 28.4 Å². The molecule has 3 nitrogen and oxygen atoms in total. The molecule has 5 rings (SSSR count). The van der Waals surface area contributed by atoms with Crippen molar-refractivity contribution in [2.24, 2.45) is 5.92 Å². The predicted octanol–water partition coefficient (Wildman–Crippen LogP) is 4.50. The number of pyridine rings is 1. The molecule has 0 radical (unpaired) electrons. The molecule has 3 heterocycles. The van der Waals surface area contributed by atoms with Crippen molar-refractivity contribution < 1.29 is 4.90 Å². The van der Waals surface area contributed by atoms with Crippen LogP contribution in [0.25, 0.3) is 10.9 Å². The van der Waals surface area contributed by atoms with Crippen LogP contribution in [0, 0.1) is 12.8 Å². The SMILES string of the molecule is Cc1[nH]c2ccccc2c1[C@@H](c1ccccn1)[NH+]1CCC(Cc2ccccc2)CC1. The minimum Gasteiger partial charge on any atom is -0.358 e. The van der Waals surface area contributed by atoms with Gasteiger partial charge >= 0.3 is 0 Å². The van der Waals surface area contributed by atoms with E-state index in [1.54, 1.807) is 4.90 Å². The highest BCUT2D eigenvalue weighted by Gasteiger charge is 2.34. The molecule has 0 aliphatic carbocycles. The Balaban J connectivity index is 1.43. The van der Waals surface area contributed by atoms with Gasteiger partial charge in [-0.25, -0.2) is 0 Å². The largest absolute Gasteiger partial charge is 0.358 e. The lowest BCUT2D eigenvalue weighted by molar-refractivity contribution is -0.931. The maximum Gasteiger partial charge on any atom is 0.158 e. The summed E-state index contributed by atoms with van der Waals surface area (Å²) >= 11 is 0. The topological polar surface area (TPSA) is 33.1 Å². The number of para-hydroxylation sites is 1. The van der Waals surface area contributed by atoms with Gasteiger partial charge in [-0.2, -0.15) is 0 Å². The number of likely N-dealkylation sites (tertiary alicyclic amines) is 1. The lowest BCUT2D eigenvalue weighted by Crippen LogP contribution is -3.13. The second-order valence-corrected chi connectivity index (χ2v) is 8.69. The molecular weight excluding hydrogens is 366 g/mol. The number of aryl methyl sites for hydroxylation is 1. The van der Waals surface area contributed by atoms with E-state index in [9.17, 15) is 0 Å². The number of hydrogen-bond donors (Lipinski definition) is 2. The van der Waals surface area contributed by atoms with Crippen molar-refractivity contribution in [2.75, 3.05) is 13.1 Å². The Morgan fingerprint density at radius 3 is 2.43 bits per heavy atom. The third-order valence-corrected chi connectivity index (χ3v) is 6.74. The second kappa shape index (κ2) is 8.45. The molecule has 2 aromatic carbocycles. The predicted molar refractivity (Wildman–Crippen MR) is 123 cm³/mol. The van der Waals surface area contributed by atoms with Crippen molar-refractivity contribution in [3.05, 3.63) is 102 Å². The van der Waals surface area contributed by atoms with Crippen LogP contribution in [0.3, 0.4) is 0 Å². The van der Waals surface area contributed by atoms with Crippen molar-refractivity contribution in [2.45, 2.75) is 32.2 Å². The maximum absolute atomic E-state index is 4.81. The van der Waals surface area contributed by atoms with Crippen LogP contribution < -0.4 is 4.90 Å². The van der Waals surface area contributed by atoms with E-state index in [1.807, 2.05) is 12.3 Å². The zero-order valence-electron chi connectivity index (χ0n) is 17.6. The number of rotatable bonds is 5. The van der Waals surface area contributed by atoms with E-state index >= 15 is 0 Å². The summed E-state index contributed by atoms with van der Waals surface area (Å²) in [4.78, 5) is 10.1. The molecule has 1 aliphatic heterocycles. The van der Waals surface area contributed by atoms with Gasteiger partial charge in [-0.15, -0.1) is 0 Å². The van der Waals surface area contributed by atoms with Crippen molar-refractivity contribution in [1.29, 1.82) is 0 Å². The normalized spacial score (nSPS) is 20.3. The van der Waals surface area contributed by atoms with Gasteiger partial charge in [0.2, 0.25) is 0 Å². The second-order valence-electron chi connectivity index (χ2n) is 8.69. The number of nitrogens with zero attached hydrogens (tertiary/aromatic N) is 1. The van der Waals surface area contributed by atoms with Crippen LogP contribution in [0.15, 0.2) is 79.0 Å². The number of piperidine rings is 1. The fraction of sp³-hybridized carbons (Fsp3) is 0.296. The zero-order chi connectivity index (χ0) is 20.3. The molecule has 1 aliphatic rings. The fourth-order valence-corrected chi connectivity index (χ4v) is 5.27. The molecule has 30 heavy (non-hydrogen) atoms. The minimum atomic E-state index is 0.278. The molecule has 1 fully saturated rings. The van der Waals surface area contributed by atoms with Gasteiger partial charge in [0.25, 0.3) is 0 Å². The molecule has 0 spiro atoms. The molecule has 2 aromatic heterocycles. The third-order valence-electron chi connectivity index (χ3n) is 6.74. The molecule has 4 aromatic rings. The quantitative estimate of drug-likeness (QED) is 0.512. The number of benzene rings is 2. The lowest BCUT2D eigenvalue weighted by Gasteiger charge is -2.35. The number of hydrogen-bond acceptors (Lipinski definition) is 1. The van der Waals surface area contributed by atoms with Crippen LogP contribution in [-0.4, -0.2) is 23.1 Å². The fourth-order valence-electron chi connectivity index (χ4n) is 5.27. The number of aromatic nitrogens is 2. The molecule has 2 N–H and O–H groups in total. The number of quaternary nitrogens is 1. The summed E-state index contributed by atoms with van der Waals surface area (Å²) in [7, 11) is 0. The van der Waals surface area contributed by atoms with E-state index in [-0.39, 0.29) is 6.04 Å². The van der Waals surface area contributed by atoms with Gasteiger partial charge in [0.05, 0.1) is 13.1 Å². The third kappa shape index (κ3) is 3.78. The van der Waals surface area contributed by atoms with Crippen LogP contribution >= 0.6 is 0 Å². The Labute approximate surface area is 178 Å². The highest BCUT2D eigenvalue weighted by atomic mass is 15.2. The first-order valence-corrected chi connectivity index (χ1v) is 11.2. The minimum absolute atomic E-state index is 0.278. The van der Waals surface area contributed by atoms with E-state index < -0.39 is 0 Å². The van der Waals surface area contributed by atoms with Crippen molar-refractivity contribution in [3.8, 4) is 0 Å². The van der Waals surface area contributed by atoms with Crippen LogP contribution in [0.1, 0.15) is 41.4 Å². The highest BCUT2D eigenvalue weighted by Crippen LogP contribution is 2.30. The average Bonchev–Trinajstić information content (AvgIpc) is 3.12. The Kier molecular flexibility index (Phi) is 5.37. The first-order valence-electron chi connectivity index (χ1n) is 11.2. The van der Waals surface area contributed by atoms with E-state index in [4.69, 9.17) is 4.98 Å². The van der Waals surface area contributed by atoms with Crippen molar-refractivity contribution in [1.82, 2.24) is 9.97 Å². The summed E-state index contributed by atoms with van der Waals surface area (Å²) in [6, 6.07) is 26.3. The summed E-state index contributed by atoms with van der Waals surface area (Å²) in [6.07, 6.45) is 5.69. The molecule has 0 bridgehead atoms.